The first-order valence-electron chi connectivity index (χ1n) is 3.95. The molecular weight excluding hydrogens is 152 g/mol. The fraction of sp³-hybridized carbons (Fsp3) is 0.444. The summed E-state index contributed by atoms with van der Waals surface area (Å²) in [6.45, 7) is 2.33. The van der Waals surface area contributed by atoms with E-state index < -0.39 is 5.41 Å². The maximum atomic E-state index is 9.12. The Labute approximate surface area is 72.2 Å². The Morgan fingerprint density at radius 3 is 2.75 bits per heavy atom. The van der Waals surface area contributed by atoms with Gasteiger partial charge in [0.05, 0.1) is 6.61 Å². The lowest BCUT2D eigenvalue weighted by molar-refractivity contribution is 0.207. The Kier molecular flexibility index (Phi) is 2.78. The van der Waals surface area contributed by atoms with Gasteiger partial charge in [-0.1, -0.05) is 13.0 Å². The van der Waals surface area contributed by atoms with Crippen molar-refractivity contribution in [1.29, 1.82) is 0 Å². The lowest BCUT2D eigenvalue weighted by Gasteiger charge is -2.24. The van der Waals surface area contributed by atoms with Crippen LogP contribution in [0, 0.1) is 0 Å². The van der Waals surface area contributed by atoms with Gasteiger partial charge in [0.15, 0.2) is 0 Å². The lowest BCUT2D eigenvalue weighted by atomic mass is 9.87. The van der Waals surface area contributed by atoms with Crippen LogP contribution in [0.1, 0.15) is 12.6 Å². The molecule has 0 radical (unpaired) electrons. The van der Waals surface area contributed by atoms with Crippen molar-refractivity contribution < 1.29 is 5.11 Å². The van der Waals surface area contributed by atoms with Gasteiger partial charge in [-0.05, 0) is 12.1 Å². The number of nitrogens with zero attached hydrogens (tertiary/aromatic N) is 1. The Hall–Kier alpha value is -0.930. The predicted octanol–water partition coefficient (Wildman–Crippen LogP) is 0.290. The van der Waals surface area contributed by atoms with Crippen LogP contribution in [0.4, 0.5) is 0 Å². The summed E-state index contributed by atoms with van der Waals surface area (Å²) in [6.07, 6.45) is 1.71. The van der Waals surface area contributed by atoms with Crippen molar-refractivity contribution in [3.63, 3.8) is 0 Å². The van der Waals surface area contributed by atoms with E-state index in [0.29, 0.717) is 6.54 Å². The fourth-order valence-electron chi connectivity index (χ4n) is 0.970. The Balaban J connectivity index is 2.95. The molecule has 1 unspecified atom stereocenters. The third-order valence-corrected chi connectivity index (χ3v) is 2.08. The molecule has 0 spiro atoms. The standard InChI is InChI=1S/C9H14N2O/c1-9(6-10,7-12)8-4-2-3-5-11-8/h2-5,12H,6-7,10H2,1H3. The molecular formula is C9H14N2O. The molecule has 1 aromatic rings. The minimum Gasteiger partial charge on any atom is -0.395 e. The third kappa shape index (κ3) is 1.62. The van der Waals surface area contributed by atoms with Gasteiger partial charge in [0, 0.05) is 23.9 Å². The molecule has 1 heterocycles. The fourth-order valence-corrected chi connectivity index (χ4v) is 0.970. The summed E-state index contributed by atoms with van der Waals surface area (Å²) in [6, 6.07) is 5.62. The van der Waals surface area contributed by atoms with Crippen molar-refractivity contribution in [3.05, 3.63) is 30.1 Å². The zero-order chi connectivity index (χ0) is 9.03. The number of aromatic nitrogens is 1. The smallest absolute Gasteiger partial charge is 0.0552 e. The van der Waals surface area contributed by atoms with E-state index in [-0.39, 0.29) is 6.61 Å². The monoisotopic (exact) mass is 166 g/mol. The molecule has 0 aromatic carbocycles. The number of aliphatic hydroxyl groups excluding tert-OH is 1. The molecule has 66 valence electrons. The maximum Gasteiger partial charge on any atom is 0.0552 e. The maximum absolute atomic E-state index is 9.12. The van der Waals surface area contributed by atoms with Gasteiger partial charge >= 0.3 is 0 Å². The molecule has 3 N–H and O–H groups in total. The predicted molar refractivity (Wildman–Crippen MR) is 47.7 cm³/mol. The van der Waals surface area contributed by atoms with Gasteiger partial charge in [0.2, 0.25) is 0 Å². The van der Waals surface area contributed by atoms with E-state index >= 15 is 0 Å². The molecule has 0 aliphatic heterocycles. The molecule has 0 fully saturated rings. The van der Waals surface area contributed by atoms with Gasteiger partial charge < -0.3 is 10.8 Å². The van der Waals surface area contributed by atoms with Gasteiger partial charge in [-0.3, -0.25) is 4.98 Å². The molecule has 1 aromatic heterocycles. The quantitative estimate of drug-likeness (QED) is 0.678. The summed E-state index contributed by atoms with van der Waals surface area (Å²) in [7, 11) is 0. The first-order chi connectivity index (χ1) is 5.73. The van der Waals surface area contributed by atoms with Crippen molar-refractivity contribution in [3.8, 4) is 0 Å². The van der Waals surface area contributed by atoms with Crippen LogP contribution in [0.25, 0.3) is 0 Å². The second-order valence-electron chi connectivity index (χ2n) is 3.14. The largest absolute Gasteiger partial charge is 0.395 e. The number of nitrogens with two attached hydrogens (primary N) is 1. The van der Waals surface area contributed by atoms with Crippen molar-refractivity contribution >= 4 is 0 Å². The SMILES string of the molecule is CC(CN)(CO)c1ccccn1. The number of pyridine rings is 1. The van der Waals surface area contributed by atoms with Gasteiger partial charge in [-0.15, -0.1) is 0 Å². The highest BCUT2D eigenvalue weighted by Crippen LogP contribution is 2.18. The van der Waals surface area contributed by atoms with Crippen LogP contribution in [0.15, 0.2) is 24.4 Å². The highest BCUT2D eigenvalue weighted by atomic mass is 16.3. The van der Waals surface area contributed by atoms with E-state index in [1.54, 1.807) is 6.20 Å². The topological polar surface area (TPSA) is 59.1 Å². The molecule has 0 aliphatic rings. The third-order valence-electron chi connectivity index (χ3n) is 2.08. The second kappa shape index (κ2) is 3.65. The number of aliphatic hydroxyl groups is 1. The highest BCUT2D eigenvalue weighted by molar-refractivity contribution is 5.16. The van der Waals surface area contributed by atoms with E-state index in [1.165, 1.54) is 0 Å². The molecule has 3 nitrogen and oxygen atoms in total. The Morgan fingerprint density at radius 2 is 2.33 bits per heavy atom. The van der Waals surface area contributed by atoms with E-state index in [1.807, 2.05) is 25.1 Å². The second-order valence-corrected chi connectivity index (χ2v) is 3.14. The molecule has 0 amide bonds. The first-order valence-corrected chi connectivity index (χ1v) is 3.95. The molecule has 0 aliphatic carbocycles. The molecule has 12 heavy (non-hydrogen) atoms. The molecule has 0 saturated heterocycles. The summed E-state index contributed by atoms with van der Waals surface area (Å²) in [5.74, 6) is 0. The molecule has 3 heteroatoms. The minimum absolute atomic E-state index is 0.0283. The first kappa shape index (κ1) is 9.16. The molecule has 1 atom stereocenters. The van der Waals surface area contributed by atoms with Crippen molar-refractivity contribution in [2.75, 3.05) is 13.2 Å². The van der Waals surface area contributed by atoms with Crippen LogP contribution in [0.2, 0.25) is 0 Å². The number of hydrogen-bond acceptors (Lipinski definition) is 3. The number of hydrogen-bond donors (Lipinski definition) is 2. The minimum atomic E-state index is -0.402. The van der Waals surface area contributed by atoms with Gasteiger partial charge in [-0.25, -0.2) is 0 Å². The van der Waals surface area contributed by atoms with Crippen LogP contribution in [-0.2, 0) is 5.41 Å². The summed E-state index contributed by atoms with van der Waals surface area (Å²) in [4.78, 5) is 4.15. The van der Waals surface area contributed by atoms with Crippen molar-refractivity contribution in [2.45, 2.75) is 12.3 Å². The zero-order valence-electron chi connectivity index (χ0n) is 7.20. The zero-order valence-corrected chi connectivity index (χ0v) is 7.20. The summed E-state index contributed by atoms with van der Waals surface area (Å²) >= 11 is 0. The normalized spacial score (nSPS) is 15.6. The van der Waals surface area contributed by atoms with E-state index in [4.69, 9.17) is 10.8 Å². The molecule has 0 bridgehead atoms. The highest BCUT2D eigenvalue weighted by Gasteiger charge is 2.24. The van der Waals surface area contributed by atoms with Gasteiger partial charge in [0.25, 0.3) is 0 Å². The molecule has 1 rings (SSSR count). The average molecular weight is 166 g/mol. The average Bonchev–Trinajstić information content (AvgIpc) is 2.18. The van der Waals surface area contributed by atoms with E-state index in [2.05, 4.69) is 4.98 Å². The Morgan fingerprint density at radius 1 is 1.58 bits per heavy atom. The number of rotatable bonds is 3. The summed E-state index contributed by atoms with van der Waals surface area (Å²) < 4.78 is 0. The van der Waals surface area contributed by atoms with Crippen LogP contribution in [0.5, 0.6) is 0 Å². The Bertz CT molecular complexity index is 232. The lowest BCUT2D eigenvalue weighted by Crippen LogP contribution is -2.36. The van der Waals surface area contributed by atoms with Gasteiger partial charge in [-0.2, -0.15) is 0 Å². The van der Waals surface area contributed by atoms with Crippen LogP contribution in [-0.4, -0.2) is 23.2 Å². The molecule has 0 saturated carbocycles. The van der Waals surface area contributed by atoms with Crippen molar-refractivity contribution in [1.82, 2.24) is 4.98 Å². The van der Waals surface area contributed by atoms with E-state index in [9.17, 15) is 0 Å². The summed E-state index contributed by atoms with van der Waals surface area (Å²) in [5.41, 5.74) is 5.99. The van der Waals surface area contributed by atoms with Crippen LogP contribution in [0.3, 0.4) is 0 Å². The van der Waals surface area contributed by atoms with Crippen LogP contribution >= 0.6 is 0 Å². The van der Waals surface area contributed by atoms with E-state index in [0.717, 1.165) is 5.69 Å². The van der Waals surface area contributed by atoms with Gasteiger partial charge in [0.1, 0.15) is 0 Å². The van der Waals surface area contributed by atoms with Crippen LogP contribution < -0.4 is 5.73 Å². The van der Waals surface area contributed by atoms with Crippen molar-refractivity contribution in [2.24, 2.45) is 5.73 Å². The summed E-state index contributed by atoms with van der Waals surface area (Å²) in [5, 5.41) is 9.12.